The first-order chi connectivity index (χ1) is 36.8. The lowest BCUT2D eigenvalue weighted by atomic mass is 9.59. The molecule has 11 rings (SSSR count). The number of aliphatic hydroxyl groups is 1. The molecule has 4 N–H and O–H groups in total. The minimum Gasteiger partial charge on any atom is -0.493 e. The van der Waals surface area contributed by atoms with E-state index in [1.54, 1.807) is 26.2 Å². The summed E-state index contributed by atoms with van der Waals surface area (Å²) in [5, 5.41) is 26.9. The van der Waals surface area contributed by atoms with Crippen LogP contribution in [-0.2, 0) is 16.6 Å². The van der Waals surface area contributed by atoms with Crippen LogP contribution < -0.4 is 24.4 Å². The molecule has 7 aromatic rings. The van der Waals surface area contributed by atoms with Crippen LogP contribution in [0.3, 0.4) is 0 Å². The third-order valence-corrected chi connectivity index (χ3v) is 17.8. The molecule has 17 nitrogen and oxygen atoms in total. The number of amides is 1. The highest BCUT2D eigenvalue weighted by Crippen LogP contribution is 2.54. The number of furan rings is 1. The number of hydrogen-bond acceptors (Lipinski definition) is 14. The maximum Gasteiger partial charge on any atom is 0.293 e. The van der Waals surface area contributed by atoms with Gasteiger partial charge in [-0.1, -0.05) is 38.1 Å². The van der Waals surface area contributed by atoms with Crippen molar-refractivity contribution in [3.8, 4) is 17.2 Å². The zero-order valence-electron chi connectivity index (χ0n) is 44.0. The molecule has 4 aliphatic rings. The molecule has 0 bridgehead atoms. The van der Waals surface area contributed by atoms with Gasteiger partial charge in [0.1, 0.15) is 34.4 Å². The van der Waals surface area contributed by atoms with Crippen molar-refractivity contribution in [3.05, 3.63) is 141 Å². The topological polar surface area (TPSA) is 209 Å². The number of aryl methyl sites for hydroxylation is 1. The molecule has 77 heavy (non-hydrogen) atoms. The number of sulfonamides is 1. The summed E-state index contributed by atoms with van der Waals surface area (Å²) in [6.45, 7) is 13.7. The lowest BCUT2D eigenvalue weighted by Gasteiger charge is -2.63. The van der Waals surface area contributed by atoms with Crippen LogP contribution in [-0.4, -0.2) is 102 Å². The number of H-pyrrole nitrogens is 1. The number of benzene rings is 4. The fourth-order valence-electron chi connectivity index (χ4n) is 12.3. The smallest absolute Gasteiger partial charge is 0.293 e. The predicted molar refractivity (Wildman–Crippen MR) is 292 cm³/mol. The Hall–Kier alpha value is -7.06. The first-order valence-electron chi connectivity index (χ1n) is 26.5. The van der Waals surface area contributed by atoms with E-state index < -0.39 is 42.9 Å². The fourth-order valence-corrected chi connectivity index (χ4v) is 13.3. The second-order valence-electron chi connectivity index (χ2n) is 22.4. The quantitative estimate of drug-likeness (QED) is 0.0525. The summed E-state index contributed by atoms with van der Waals surface area (Å²) in [7, 11) is -2.97. The number of nitro benzene ring substituents is 1. The predicted octanol–water partition coefficient (Wildman–Crippen LogP) is 10.6. The normalized spacial score (nSPS) is 21.1. The monoisotopic (exact) mass is 1070 g/mol. The van der Waals surface area contributed by atoms with E-state index in [9.17, 15) is 32.8 Å². The molecule has 1 amide bonds. The van der Waals surface area contributed by atoms with Gasteiger partial charge in [0.25, 0.3) is 21.6 Å². The number of piperazine rings is 1. The zero-order valence-corrected chi connectivity index (χ0v) is 44.8. The minimum atomic E-state index is -4.65. The van der Waals surface area contributed by atoms with Gasteiger partial charge in [-0.2, -0.15) is 0 Å². The first-order valence-corrected chi connectivity index (χ1v) is 28.0. The molecule has 1 unspecified atom stereocenters. The van der Waals surface area contributed by atoms with Crippen LogP contribution in [0.2, 0.25) is 0 Å². The molecule has 2 saturated heterocycles. The van der Waals surface area contributed by atoms with Gasteiger partial charge >= 0.3 is 0 Å². The van der Waals surface area contributed by atoms with Crippen LogP contribution in [0.1, 0.15) is 104 Å². The van der Waals surface area contributed by atoms with Crippen molar-refractivity contribution in [3.63, 3.8) is 0 Å². The van der Waals surface area contributed by atoms with E-state index in [0.29, 0.717) is 37.0 Å². The van der Waals surface area contributed by atoms with Gasteiger partial charge in [0.2, 0.25) is 0 Å². The zero-order chi connectivity index (χ0) is 54.0. The van der Waals surface area contributed by atoms with Gasteiger partial charge in [-0.15, -0.1) is 0 Å². The number of pyridine rings is 1. The number of aromatic nitrogens is 2. The van der Waals surface area contributed by atoms with Gasteiger partial charge in [0.15, 0.2) is 11.3 Å². The van der Waals surface area contributed by atoms with E-state index in [1.165, 1.54) is 53.3 Å². The number of carbonyl (C=O) groups excluding carboxylic acids is 1. The van der Waals surface area contributed by atoms with Gasteiger partial charge in [-0.3, -0.25) is 24.7 Å². The molecule has 1 atom stereocenters. The van der Waals surface area contributed by atoms with E-state index in [1.807, 2.05) is 6.92 Å². The van der Waals surface area contributed by atoms with Crippen molar-refractivity contribution in [1.29, 1.82) is 0 Å². The molecular weight excluding hydrogens is 1000 g/mol. The first kappa shape index (κ1) is 52.0. The second-order valence-corrected chi connectivity index (χ2v) is 24.1. The number of methoxy groups -OCH3 is 1. The van der Waals surface area contributed by atoms with E-state index >= 15 is 0 Å². The van der Waals surface area contributed by atoms with Crippen molar-refractivity contribution in [2.45, 2.75) is 101 Å². The van der Waals surface area contributed by atoms with Gasteiger partial charge in [-0.05, 0) is 129 Å². The maximum atomic E-state index is 14.7. The van der Waals surface area contributed by atoms with E-state index in [0.717, 1.165) is 99.2 Å². The van der Waals surface area contributed by atoms with Crippen LogP contribution >= 0.6 is 0 Å². The number of nitro groups is 1. The van der Waals surface area contributed by atoms with Crippen molar-refractivity contribution in [2.75, 3.05) is 56.6 Å². The summed E-state index contributed by atoms with van der Waals surface area (Å²) in [6, 6.07) is 25.6. The molecule has 0 radical (unpaired) electrons. The largest absolute Gasteiger partial charge is 0.493 e. The Labute approximate surface area is 446 Å². The number of aromatic amines is 1. The molecule has 5 heterocycles. The number of anilines is 2. The molecule has 404 valence electrons. The Balaban J connectivity index is 0.798. The van der Waals surface area contributed by atoms with Crippen molar-refractivity contribution >= 4 is 55.0 Å². The average Bonchev–Trinajstić information content (AvgIpc) is 3.98. The molecular formula is C58H65FN8O9S. The van der Waals surface area contributed by atoms with Crippen LogP contribution in [0.25, 0.3) is 22.0 Å². The third-order valence-electron chi connectivity index (χ3n) is 16.5. The number of ether oxygens (including phenoxy) is 2. The molecule has 1 spiro atoms. The summed E-state index contributed by atoms with van der Waals surface area (Å²) in [5.41, 5.74) is 4.63. The lowest BCUT2D eigenvalue weighted by molar-refractivity contribution is -0.384. The SMILES string of the molecule is COc1cc(CN2CCN(C3CC4(C3)CN(c3ccc(C(=O)NS(=O)(=O)c5ccc(NCC6CCC(C)(O)CC6)c([N+](=O)[O-])c5)c(Oc5cnc6[nH]cc(F)c6c5)c3)C4)C(c3ccccc3C(C)C)C2)cc2cc(C)oc12. The number of carbonyl (C=O) groups is 1. The van der Waals surface area contributed by atoms with Crippen LogP contribution in [0.4, 0.5) is 21.5 Å². The highest BCUT2D eigenvalue weighted by Gasteiger charge is 2.55. The number of fused-ring (bicyclic) bond motifs is 2. The average molecular weight is 1070 g/mol. The Morgan fingerprint density at radius 2 is 1.81 bits per heavy atom. The van der Waals surface area contributed by atoms with Gasteiger partial charge in [-0.25, -0.2) is 22.5 Å². The fraction of sp³-hybridized carbons (Fsp3) is 0.414. The van der Waals surface area contributed by atoms with E-state index in [-0.39, 0.29) is 45.5 Å². The number of nitrogens with zero attached hydrogens (tertiary/aromatic N) is 5. The summed E-state index contributed by atoms with van der Waals surface area (Å²) < 4.78 is 62.6. The summed E-state index contributed by atoms with van der Waals surface area (Å²) >= 11 is 0. The molecule has 3 aromatic heterocycles. The van der Waals surface area contributed by atoms with E-state index in [2.05, 4.69) is 91.0 Å². The second kappa shape index (κ2) is 20.4. The number of rotatable bonds is 16. The number of hydrogen-bond donors (Lipinski definition) is 4. The summed E-state index contributed by atoms with van der Waals surface area (Å²) in [6.07, 6.45) is 7.32. The molecule has 4 fully saturated rings. The highest BCUT2D eigenvalue weighted by atomic mass is 32.2. The van der Waals surface area contributed by atoms with Crippen LogP contribution in [0.5, 0.6) is 17.2 Å². The molecule has 2 aliphatic carbocycles. The molecule has 4 aromatic carbocycles. The third kappa shape index (κ3) is 10.6. The number of nitrogens with one attached hydrogen (secondary N) is 3. The van der Waals surface area contributed by atoms with Gasteiger partial charge in [0, 0.05) is 92.7 Å². The van der Waals surface area contributed by atoms with Gasteiger partial charge < -0.3 is 34.2 Å². The highest BCUT2D eigenvalue weighted by molar-refractivity contribution is 7.90. The van der Waals surface area contributed by atoms with Crippen molar-refractivity contribution < 1.29 is 41.5 Å². The maximum absolute atomic E-state index is 14.7. The Morgan fingerprint density at radius 3 is 2.56 bits per heavy atom. The summed E-state index contributed by atoms with van der Waals surface area (Å²) in [4.78, 5) is 39.8. The molecule has 2 aliphatic heterocycles. The Bertz CT molecular complexity index is 3500. The van der Waals surface area contributed by atoms with Gasteiger partial charge in [0.05, 0.1) is 39.7 Å². The molecule has 19 heteroatoms. The van der Waals surface area contributed by atoms with Crippen LogP contribution in [0.15, 0.2) is 107 Å². The van der Waals surface area contributed by atoms with Crippen molar-refractivity contribution in [1.82, 2.24) is 24.5 Å². The number of halogens is 1. The Morgan fingerprint density at radius 1 is 1.03 bits per heavy atom. The summed E-state index contributed by atoms with van der Waals surface area (Å²) in [5.74, 6) is 0.678. The standard InChI is InChI=1S/C58H65FN8O9S/c1-35(2)44-8-6-7-9-45(44)51-32-64(31-38-21-39-20-36(3)75-54(39)53(22-38)74-5)18-19-66(51)41-26-58(27-41)33-65(34-58)40-10-12-46(52(23-40)76-42-24-47-48(59)30-62-55(47)61-29-42)56(68)63-77(72,73)43-11-13-49(50(25-43)67(70)71)60-28-37-14-16-57(4,69)17-15-37/h6-13,20-25,29-30,35,37,41,51,60,69H,14-19,26-28,31-34H2,1-5H3,(H,61,62)(H,63,68). The molecule has 2 saturated carbocycles. The lowest BCUT2D eigenvalue weighted by Crippen LogP contribution is -2.68. The Kier molecular flexibility index (Phi) is 13.8. The van der Waals surface area contributed by atoms with Crippen LogP contribution in [0, 0.1) is 34.2 Å². The minimum absolute atomic E-state index is 0.0114. The van der Waals surface area contributed by atoms with E-state index in [4.69, 9.17) is 13.9 Å². The van der Waals surface area contributed by atoms with Crippen molar-refractivity contribution in [2.24, 2.45) is 11.3 Å².